The summed E-state index contributed by atoms with van der Waals surface area (Å²) in [5, 5.41) is 3.78. The maximum Gasteiger partial charge on any atom is 0.242 e. The molecule has 9 heteroatoms. The standard InChI is InChI=1S/C26H33Cl2N3O4/c1-4-22(24(33)29-14-16(2)3)31(15-17-9-10-18(27)13-21(17)28)23(32)11-12-30-25(34)19-7-5-6-8-20(19)26(30)35/h5-6,9-10,13,16,19-20,22H,4,7-8,11-12,14-15H2,1-3H3,(H,29,33)/t19-,20+,22-/m0/s1. The SMILES string of the molecule is CC[C@@H](C(=O)NCC(C)C)N(Cc1ccc(Cl)cc1Cl)C(=O)CCN1C(=O)[C@H]2CC=CC[C@H]2C1=O. The monoisotopic (exact) mass is 521 g/mol. The van der Waals surface area contributed by atoms with Crippen LogP contribution in [0.25, 0.3) is 0 Å². The second kappa shape index (κ2) is 12.0. The number of amides is 4. The van der Waals surface area contributed by atoms with E-state index in [0.717, 1.165) is 0 Å². The Morgan fingerprint density at radius 1 is 1.11 bits per heavy atom. The molecule has 0 saturated carbocycles. The average Bonchev–Trinajstić information content (AvgIpc) is 3.07. The van der Waals surface area contributed by atoms with Gasteiger partial charge in [0.25, 0.3) is 0 Å². The van der Waals surface area contributed by atoms with Crippen LogP contribution in [0, 0.1) is 17.8 Å². The van der Waals surface area contributed by atoms with Crippen molar-refractivity contribution in [2.24, 2.45) is 17.8 Å². The maximum atomic E-state index is 13.5. The lowest BCUT2D eigenvalue weighted by molar-refractivity contribution is -0.144. The Morgan fingerprint density at radius 3 is 2.29 bits per heavy atom. The molecule has 2 aliphatic rings. The highest BCUT2D eigenvalue weighted by molar-refractivity contribution is 6.35. The molecule has 3 rings (SSSR count). The van der Waals surface area contributed by atoms with Crippen molar-refractivity contribution in [3.8, 4) is 0 Å². The highest BCUT2D eigenvalue weighted by Crippen LogP contribution is 2.35. The molecule has 1 aromatic carbocycles. The van der Waals surface area contributed by atoms with E-state index in [1.54, 1.807) is 18.2 Å². The summed E-state index contributed by atoms with van der Waals surface area (Å²) in [6, 6.07) is 4.29. The molecule has 3 atom stereocenters. The van der Waals surface area contributed by atoms with Crippen LogP contribution in [0.5, 0.6) is 0 Å². The molecule has 1 fully saturated rings. The molecular formula is C26H33Cl2N3O4. The van der Waals surface area contributed by atoms with Gasteiger partial charge in [0.15, 0.2) is 0 Å². The minimum Gasteiger partial charge on any atom is -0.354 e. The van der Waals surface area contributed by atoms with Crippen molar-refractivity contribution < 1.29 is 19.2 Å². The Kier molecular flexibility index (Phi) is 9.36. The second-order valence-corrected chi connectivity index (χ2v) is 10.4. The van der Waals surface area contributed by atoms with Crippen molar-refractivity contribution in [2.75, 3.05) is 13.1 Å². The van der Waals surface area contributed by atoms with Gasteiger partial charge in [0.2, 0.25) is 23.6 Å². The summed E-state index contributed by atoms with van der Waals surface area (Å²) >= 11 is 12.4. The number of likely N-dealkylation sites (tertiary alicyclic amines) is 1. The van der Waals surface area contributed by atoms with Gasteiger partial charge in [-0.05, 0) is 42.9 Å². The predicted molar refractivity (Wildman–Crippen MR) is 136 cm³/mol. The van der Waals surface area contributed by atoms with Crippen LogP contribution in [0.4, 0.5) is 0 Å². The number of hydrogen-bond donors (Lipinski definition) is 1. The van der Waals surface area contributed by atoms with Gasteiger partial charge in [-0.1, -0.05) is 62.2 Å². The summed E-state index contributed by atoms with van der Waals surface area (Å²) in [6.45, 7) is 6.43. The fraction of sp³-hybridized carbons (Fsp3) is 0.538. The van der Waals surface area contributed by atoms with E-state index in [2.05, 4.69) is 5.32 Å². The summed E-state index contributed by atoms with van der Waals surface area (Å²) in [5.74, 6) is -1.41. The molecule has 0 bridgehead atoms. The van der Waals surface area contributed by atoms with Gasteiger partial charge in [0.1, 0.15) is 6.04 Å². The van der Waals surface area contributed by atoms with Crippen LogP contribution in [-0.2, 0) is 25.7 Å². The van der Waals surface area contributed by atoms with Crippen molar-refractivity contribution in [3.05, 3.63) is 46.0 Å². The zero-order valence-corrected chi connectivity index (χ0v) is 21.9. The molecule has 1 heterocycles. The third-order valence-electron chi connectivity index (χ3n) is 6.57. The van der Waals surface area contributed by atoms with Gasteiger partial charge in [-0.15, -0.1) is 0 Å². The van der Waals surface area contributed by atoms with Gasteiger partial charge in [-0.2, -0.15) is 0 Å². The molecule has 1 aromatic rings. The number of allylic oxidation sites excluding steroid dienone is 2. The Bertz CT molecular complexity index is 984. The predicted octanol–water partition coefficient (Wildman–Crippen LogP) is 4.21. The highest BCUT2D eigenvalue weighted by Gasteiger charge is 2.47. The quantitative estimate of drug-likeness (QED) is 0.369. The number of carbonyl (C=O) groups excluding carboxylic acids is 4. The Hall–Kier alpha value is -2.38. The molecule has 1 N–H and O–H groups in total. The molecule has 1 aliphatic carbocycles. The number of hydrogen-bond acceptors (Lipinski definition) is 4. The van der Waals surface area contributed by atoms with Gasteiger partial charge in [-0.25, -0.2) is 0 Å². The third kappa shape index (κ3) is 6.44. The molecule has 1 saturated heterocycles. The number of rotatable bonds is 10. The molecule has 0 spiro atoms. The molecule has 0 radical (unpaired) electrons. The molecule has 7 nitrogen and oxygen atoms in total. The normalized spacial score (nSPS) is 20.2. The lowest BCUT2D eigenvalue weighted by Gasteiger charge is -2.31. The number of nitrogens with zero attached hydrogens (tertiary/aromatic N) is 2. The van der Waals surface area contributed by atoms with Crippen molar-refractivity contribution in [1.82, 2.24) is 15.1 Å². The topological polar surface area (TPSA) is 86.8 Å². The summed E-state index contributed by atoms with van der Waals surface area (Å²) < 4.78 is 0. The van der Waals surface area contributed by atoms with Gasteiger partial charge >= 0.3 is 0 Å². The van der Waals surface area contributed by atoms with E-state index < -0.39 is 6.04 Å². The number of fused-ring (bicyclic) bond motifs is 1. The number of imide groups is 1. The van der Waals surface area contributed by atoms with Crippen LogP contribution in [0.1, 0.15) is 52.0 Å². The zero-order valence-electron chi connectivity index (χ0n) is 20.4. The number of halogens is 2. The van der Waals surface area contributed by atoms with E-state index >= 15 is 0 Å². The van der Waals surface area contributed by atoms with Crippen LogP contribution in [-0.4, -0.2) is 52.6 Å². The lowest BCUT2D eigenvalue weighted by atomic mass is 9.85. The van der Waals surface area contributed by atoms with E-state index in [1.807, 2.05) is 32.9 Å². The summed E-state index contributed by atoms with van der Waals surface area (Å²) in [6.07, 6.45) is 5.30. The smallest absolute Gasteiger partial charge is 0.242 e. The van der Waals surface area contributed by atoms with Gasteiger partial charge < -0.3 is 10.2 Å². The average molecular weight is 522 g/mol. The fourth-order valence-corrected chi connectivity index (χ4v) is 5.08. The Labute approximate surface area is 216 Å². The van der Waals surface area contributed by atoms with E-state index in [0.29, 0.717) is 41.4 Å². The second-order valence-electron chi connectivity index (χ2n) is 9.55. The van der Waals surface area contributed by atoms with Crippen molar-refractivity contribution >= 4 is 46.8 Å². The van der Waals surface area contributed by atoms with E-state index in [1.165, 1.54) is 9.80 Å². The minimum atomic E-state index is -0.718. The highest BCUT2D eigenvalue weighted by atomic mass is 35.5. The molecule has 0 unspecified atom stereocenters. The van der Waals surface area contributed by atoms with Crippen LogP contribution in [0.2, 0.25) is 10.0 Å². The van der Waals surface area contributed by atoms with E-state index in [9.17, 15) is 19.2 Å². The summed E-state index contributed by atoms with van der Waals surface area (Å²) in [5.41, 5.74) is 0.657. The summed E-state index contributed by atoms with van der Waals surface area (Å²) in [4.78, 5) is 54.8. The molecule has 0 aromatic heterocycles. The molecule has 1 aliphatic heterocycles. The van der Waals surface area contributed by atoms with Crippen LogP contribution in [0.3, 0.4) is 0 Å². The summed E-state index contributed by atoms with van der Waals surface area (Å²) in [7, 11) is 0. The van der Waals surface area contributed by atoms with E-state index in [-0.39, 0.29) is 60.9 Å². The minimum absolute atomic E-state index is 0.00159. The molecular weight excluding hydrogens is 489 g/mol. The van der Waals surface area contributed by atoms with Crippen LogP contribution in [0.15, 0.2) is 30.4 Å². The lowest BCUT2D eigenvalue weighted by Crippen LogP contribution is -2.50. The Morgan fingerprint density at radius 2 is 1.74 bits per heavy atom. The van der Waals surface area contributed by atoms with Crippen LogP contribution >= 0.6 is 23.2 Å². The van der Waals surface area contributed by atoms with Crippen LogP contribution < -0.4 is 5.32 Å². The zero-order chi connectivity index (χ0) is 25.7. The maximum absolute atomic E-state index is 13.5. The number of carbonyl (C=O) groups is 4. The number of benzene rings is 1. The Balaban J connectivity index is 1.77. The molecule has 190 valence electrons. The van der Waals surface area contributed by atoms with Gasteiger partial charge in [0.05, 0.1) is 11.8 Å². The largest absolute Gasteiger partial charge is 0.354 e. The van der Waals surface area contributed by atoms with Gasteiger partial charge in [0, 0.05) is 36.1 Å². The van der Waals surface area contributed by atoms with Crippen molar-refractivity contribution in [2.45, 2.75) is 59.0 Å². The van der Waals surface area contributed by atoms with E-state index in [4.69, 9.17) is 23.2 Å². The fourth-order valence-electron chi connectivity index (χ4n) is 4.62. The first-order chi connectivity index (χ1) is 16.6. The third-order valence-corrected chi connectivity index (χ3v) is 7.16. The molecule has 4 amide bonds. The first-order valence-electron chi connectivity index (χ1n) is 12.1. The molecule has 35 heavy (non-hydrogen) atoms. The first kappa shape index (κ1) is 27.2. The van der Waals surface area contributed by atoms with Gasteiger partial charge in [-0.3, -0.25) is 24.1 Å². The van der Waals surface area contributed by atoms with Crippen molar-refractivity contribution in [1.29, 1.82) is 0 Å². The number of nitrogens with one attached hydrogen (secondary N) is 1. The van der Waals surface area contributed by atoms with Crippen molar-refractivity contribution in [3.63, 3.8) is 0 Å². The first-order valence-corrected chi connectivity index (χ1v) is 12.9.